The zero-order valence-corrected chi connectivity index (χ0v) is 13.4. The molecule has 0 radical (unpaired) electrons. The molecule has 0 unspecified atom stereocenters. The lowest BCUT2D eigenvalue weighted by Gasteiger charge is -2.34. The van der Waals surface area contributed by atoms with Crippen LogP contribution in [0, 0.1) is 0 Å². The van der Waals surface area contributed by atoms with E-state index in [1.165, 1.54) is 12.0 Å². The first-order chi connectivity index (χ1) is 10.1. The molecule has 0 spiro atoms. The van der Waals surface area contributed by atoms with Crippen LogP contribution in [-0.4, -0.2) is 48.6 Å². The highest BCUT2D eigenvalue weighted by Crippen LogP contribution is 2.24. The Hall–Kier alpha value is -1.55. The summed E-state index contributed by atoms with van der Waals surface area (Å²) in [6, 6.07) is 8.09. The monoisotopic (exact) mass is 289 g/mol. The van der Waals surface area contributed by atoms with E-state index >= 15 is 0 Å². The van der Waals surface area contributed by atoms with Crippen molar-refractivity contribution in [3.63, 3.8) is 0 Å². The van der Waals surface area contributed by atoms with Gasteiger partial charge in [-0.2, -0.15) is 0 Å². The number of carbonyl (C=O) groups is 1. The molecular weight excluding hydrogens is 262 g/mol. The Kier molecular flexibility index (Phi) is 5.62. The highest BCUT2D eigenvalue weighted by atomic mass is 16.2. The third-order valence-corrected chi connectivity index (χ3v) is 4.02. The molecule has 1 fully saturated rings. The Morgan fingerprint density at radius 2 is 1.86 bits per heavy atom. The fourth-order valence-corrected chi connectivity index (χ4v) is 2.80. The lowest BCUT2D eigenvalue weighted by molar-refractivity contribution is 0.147. The first-order valence-corrected chi connectivity index (χ1v) is 7.99. The number of anilines is 1. The van der Waals surface area contributed by atoms with E-state index in [0.29, 0.717) is 5.92 Å². The van der Waals surface area contributed by atoms with Crippen molar-refractivity contribution in [3.8, 4) is 0 Å². The number of piperazine rings is 1. The SMILES string of the molecule is CCCN1CCN(C(=O)Nc2ccccc2C(C)C)CC1. The summed E-state index contributed by atoms with van der Waals surface area (Å²) in [5, 5.41) is 3.08. The van der Waals surface area contributed by atoms with Crippen LogP contribution in [0.3, 0.4) is 0 Å². The van der Waals surface area contributed by atoms with E-state index in [-0.39, 0.29) is 6.03 Å². The summed E-state index contributed by atoms with van der Waals surface area (Å²) in [5.74, 6) is 0.405. The Bertz CT molecular complexity index is 465. The highest BCUT2D eigenvalue weighted by molar-refractivity contribution is 5.90. The topological polar surface area (TPSA) is 35.6 Å². The minimum atomic E-state index is 0.0271. The molecular formula is C17H27N3O. The van der Waals surface area contributed by atoms with Gasteiger partial charge < -0.3 is 10.2 Å². The van der Waals surface area contributed by atoms with E-state index in [4.69, 9.17) is 0 Å². The zero-order valence-electron chi connectivity index (χ0n) is 13.4. The molecule has 2 rings (SSSR count). The summed E-state index contributed by atoms with van der Waals surface area (Å²) < 4.78 is 0. The van der Waals surface area contributed by atoms with Crippen LogP contribution in [0.2, 0.25) is 0 Å². The molecule has 116 valence electrons. The van der Waals surface area contributed by atoms with Gasteiger partial charge >= 0.3 is 6.03 Å². The predicted octanol–water partition coefficient (Wildman–Crippen LogP) is 3.37. The van der Waals surface area contributed by atoms with Crippen LogP contribution in [0.15, 0.2) is 24.3 Å². The first-order valence-electron chi connectivity index (χ1n) is 7.99. The van der Waals surface area contributed by atoms with Crippen molar-refractivity contribution in [2.45, 2.75) is 33.1 Å². The maximum atomic E-state index is 12.4. The summed E-state index contributed by atoms with van der Waals surface area (Å²) in [4.78, 5) is 16.7. The van der Waals surface area contributed by atoms with Gasteiger partial charge in [0.2, 0.25) is 0 Å². The van der Waals surface area contributed by atoms with Gasteiger partial charge in [0.1, 0.15) is 0 Å². The Labute approximate surface area is 128 Å². The molecule has 1 aliphatic rings. The van der Waals surface area contributed by atoms with Gasteiger partial charge in [-0.15, -0.1) is 0 Å². The number of benzene rings is 1. The molecule has 0 bridgehead atoms. The van der Waals surface area contributed by atoms with Crippen molar-refractivity contribution in [3.05, 3.63) is 29.8 Å². The van der Waals surface area contributed by atoms with Crippen LogP contribution in [0.5, 0.6) is 0 Å². The molecule has 1 aromatic rings. The number of amides is 2. The lowest BCUT2D eigenvalue weighted by Crippen LogP contribution is -2.50. The molecule has 4 nitrogen and oxygen atoms in total. The van der Waals surface area contributed by atoms with Crippen LogP contribution in [-0.2, 0) is 0 Å². The van der Waals surface area contributed by atoms with Crippen molar-refractivity contribution in [2.75, 3.05) is 38.0 Å². The third kappa shape index (κ3) is 4.21. The normalized spacial score (nSPS) is 16.3. The van der Waals surface area contributed by atoms with E-state index < -0.39 is 0 Å². The van der Waals surface area contributed by atoms with Crippen molar-refractivity contribution >= 4 is 11.7 Å². The number of nitrogens with one attached hydrogen (secondary N) is 1. The van der Waals surface area contributed by atoms with Crippen LogP contribution in [0.25, 0.3) is 0 Å². The maximum absolute atomic E-state index is 12.4. The van der Waals surface area contributed by atoms with Gasteiger partial charge in [-0.25, -0.2) is 4.79 Å². The van der Waals surface area contributed by atoms with Crippen molar-refractivity contribution in [2.24, 2.45) is 0 Å². The largest absolute Gasteiger partial charge is 0.322 e. The second-order valence-corrected chi connectivity index (χ2v) is 6.00. The highest BCUT2D eigenvalue weighted by Gasteiger charge is 2.21. The first kappa shape index (κ1) is 15.8. The second-order valence-electron chi connectivity index (χ2n) is 6.00. The smallest absolute Gasteiger partial charge is 0.321 e. The molecule has 1 saturated heterocycles. The van der Waals surface area contributed by atoms with E-state index in [9.17, 15) is 4.79 Å². The number of rotatable bonds is 4. The van der Waals surface area contributed by atoms with Crippen LogP contribution < -0.4 is 5.32 Å². The van der Waals surface area contributed by atoms with Gasteiger partial charge in [0.25, 0.3) is 0 Å². The van der Waals surface area contributed by atoms with Gasteiger partial charge in [-0.1, -0.05) is 39.0 Å². The Morgan fingerprint density at radius 3 is 2.48 bits per heavy atom. The summed E-state index contributed by atoms with van der Waals surface area (Å²) in [7, 11) is 0. The van der Waals surface area contributed by atoms with Gasteiger partial charge in [0, 0.05) is 31.9 Å². The minimum Gasteiger partial charge on any atom is -0.322 e. The molecule has 21 heavy (non-hydrogen) atoms. The lowest BCUT2D eigenvalue weighted by atomic mass is 10.0. The summed E-state index contributed by atoms with van der Waals surface area (Å²) in [6.07, 6.45) is 1.17. The molecule has 1 aromatic carbocycles. The summed E-state index contributed by atoms with van der Waals surface area (Å²) >= 11 is 0. The number of carbonyl (C=O) groups excluding carboxylic acids is 1. The van der Waals surface area contributed by atoms with Crippen molar-refractivity contribution < 1.29 is 4.79 Å². The molecule has 0 saturated carbocycles. The number of hydrogen-bond donors (Lipinski definition) is 1. The summed E-state index contributed by atoms with van der Waals surface area (Å²) in [5.41, 5.74) is 2.13. The molecule has 1 aliphatic heterocycles. The molecule has 2 amide bonds. The van der Waals surface area contributed by atoms with Gasteiger partial charge in [0.15, 0.2) is 0 Å². The molecule has 4 heteroatoms. The minimum absolute atomic E-state index is 0.0271. The predicted molar refractivity (Wildman–Crippen MR) is 87.9 cm³/mol. The van der Waals surface area contributed by atoms with E-state index in [2.05, 4.69) is 37.1 Å². The van der Waals surface area contributed by atoms with Crippen molar-refractivity contribution in [1.82, 2.24) is 9.80 Å². The van der Waals surface area contributed by atoms with E-state index in [0.717, 1.165) is 38.4 Å². The third-order valence-electron chi connectivity index (χ3n) is 4.02. The molecule has 0 atom stereocenters. The molecule has 0 aromatic heterocycles. The molecule has 1 heterocycles. The number of urea groups is 1. The fraction of sp³-hybridized carbons (Fsp3) is 0.588. The fourth-order valence-electron chi connectivity index (χ4n) is 2.80. The standard InChI is InChI=1S/C17H27N3O/c1-4-9-19-10-12-20(13-11-19)17(21)18-16-8-6-5-7-15(16)14(2)3/h5-8,14H,4,9-13H2,1-3H3,(H,18,21). The zero-order chi connectivity index (χ0) is 15.2. The average molecular weight is 289 g/mol. The number of nitrogens with zero attached hydrogens (tertiary/aromatic N) is 2. The van der Waals surface area contributed by atoms with Crippen LogP contribution in [0.4, 0.5) is 10.5 Å². The van der Waals surface area contributed by atoms with Gasteiger partial charge in [-0.3, -0.25) is 4.90 Å². The summed E-state index contributed by atoms with van der Waals surface area (Å²) in [6.45, 7) is 11.2. The maximum Gasteiger partial charge on any atom is 0.321 e. The number of hydrogen-bond acceptors (Lipinski definition) is 2. The van der Waals surface area contributed by atoms with E-state index in [1.807, 2.05) is 23.1 Å². The average Bonchev–Trinajstić information content (AvgIpc) is 2.48. The Morgan fingerprint density at radius 1 is 1.19 bits per heavy atom. The quantitative estimate of drug-likeness (QED) is 0.922. The second kappa shape index (κ2) is 7.46. The van der Waals surface area contributed by atoms with E-state index in [1.54, 1.807) is 0 Å². The van der Waals surface area contributed by atoms with Gasteiger partial charge in [0.05, 0.1) is 0 Å². The molecule has 0 aliphatic carbocycles. The van der Waals surface area contributed by atoms with Gasteiger partial charge in [-0.05, 0) is 30.5 Å². The van der Waals surface area contributed by atoms with Crippen LogP contribution in [0.1, 0.15) is 38.7 Å². The Balaban J connectivity index is 1.94. The molecule has 1 N–H and O–H groups in total. The van der Waals surface area contributed by atoms with Crippen molar-refractivity contribution in [1.29, 1.82) is 0 Å². The number of para-hydroxylation sites is 1. The van der Waals surface area contributed by atoms with Crippen LogP contribution >= 0.6 is 0 Å².